The molecule has 0 spiro atoms. The van der Waals surface area contributed by atoms with E-state index >= 15 is 0 Å². The molecule has 9 nitrogen and oxygen atoms in total. The molecule has 1 aromatic carbocycles. The number of rotatable bonds is 5. The monoisotopic (exact) mass is 439 g/mol. The first-order valence-corrected chi connectivity index (χ1v) is 10.2. The Bertz CT molecular complexity index is 1360. The van der Waals surface area contributed by atoms with Crippen LogP contribution in [0, 0.1) is 10.1 Å². The number of hydrogen-bond acceptors (Lipinski definition) is 8. The standard InChI is InChI=1S/C21H17N3O6S/c1-3-29-20(26)17-12(2)23-19(25)16(11-15-5-4-10-30-15)31-21(23)22-18(17)13-6-8-14(9-7-13)24(27)28/h4-11,18H,3H2,1-2H3/b16-11+/t18-/m1/s1. The first-order chi connectivity index (χ1) is 14.9. The van der Waals surface area contributed by atoms with Crippen molar-refractivity contribution in [1.82, 2.24) is 4.57 Å². The number of hydrogen-bond donors (Lipinski definition) is 0. The highest BCUT2D eigenvalue weighted by Gasteiger charge is 2.31. The maximum atomic E-state index is 13.0. The lowest BCUT2D eigenvalue weighted by Gasteiger charge is -2.22. The molecule has 2 aromatic heterocycles. The zero-order chi connectivity index (χ0) is 22.1. The van der Waals surface area contributed by atoms with Crippen LogP contribution in [-0.2, 0) is 9.53 Å². The fourth-order valence-corrected chi connectivity index (χ4v) is 4.36. The largest absolute Gasteiger partial charge is 0.465 e. The first-order valence-electron chi connectivity index (χ1n) is 9.38. The molecule has 4 rings (SSSR count). The molecule has 0 saturated carbocycles. The van der Waals surface area contributed by atoms with Crippen LogP contribution in [0.2, 0.25) is 0 Å². The number of ether oxygens (including phenoxy) is 1. The molecule has 0 unspecified atom stereocenters. The molecule has 1 aliphatic heterocycles. The van der Waals surface area contributed by atoms with E-state index in [1.807, 2.05) is 0 Å². The normalized spacial score (nSPS) is 16.1. The van der Waals surface area contributed by atoms with Crippen LogP contribution in [0.3, 0.4) is 0 Å². The van der Waals surface area contributed by atoms with Gasteiger partial charge in [0.15, 0.2) is 4.80 Å². The van der Waals surface area contributed by atoms with Crippen LogP contribution in [0.1, 0.15) is 31.2 Å². The second-order valence-electron chi connectivity index (χ2n) is 6.65. The SMILES string of the molecule is CCOC(=O)C1=C(C)n2c(s/c(=C/c3ccco3)c2=O)=N[C@@H]1c1ccc([N+](=O)[O-])cc1. The van der Waals surface area contributed by atoms with Crippen molar-refractivity contribution in [3.8, 4) is 0 Å². The van der Waals surface area contributed by atoms with Gasteiger partial charge in [-0.15, -0.1) is 0 Å². The molecule has 158 valence electrons. The molecular weight excluding hydrogens is 422 g/mol. The number of thiazole rings is 1. The molecular formula is C21H17N3O6S. The predicted octanol–water partition coefficient (Wildman–Crippen LogP) is 2.41. The van der Waals surface area contributed by atoms with Gasteiger partial charge in [-0.2, -0.15) is 0 Å². The van der Waals surface area contributed by atoms with Gasteiger partial charge in [-0.3, -0.25) is 19.5 Å². The van der Waals surface area contributed by atoms with Gasteiger partial charge in [0.05, 0.1) is 23.4 Å². The Kier molecular flexibility index (Phi) is 5.38. The topological polar surface area (TPSA) is 117 Å². The molecule has 0 radical (unpaired) electrons. The van der Waals surface area contributed by atoms with Crippen molar-refractivity contribution in [3.05, 3.63) is 89.4 Å². The number of furan rings is 1. The number of aromatic nitrogens is 1. The quantitative estimate of drug-likeness (QED) is 0.342. The molecule has 0 bridgehead atoms. The molecule has 3 aromatic rings. The van der Waals surface area contributed by atoms with Gasteiger partial charge < -0.3 is 9.15 Å². The van der Waals surface area contributed by atoms with Gasteiger partial charge in [-0.25, -0.2) is 9.79 Å². The lowest BCUT2D eigenvalue weighted by atomic mass is 9.96. The summed E-state index contributed by atoms with van der Waals surface area (Å²) in [5.41, 5.74) is 0.819. The number of fused-ring (bicyclic) bond motifs is 1. The lowest BCUT2D eigenvalue weighted by Crippen LogP contribution is -2.35. The number of nitro groups is 1. The number of nitro benzene ring substituents is 1. The molecule has 0 aliphatic carbocycles. The van der Waals surface area contributed by atoms with Crippen LogP contribution in [0.15, 0.2) is 62.4 Å². The number of nitrogens with zero attached hydrogens (tertiary/aromatic N) is 3. The fourth-order valence-electron chi connectivity index (χ4n) is 3.34. The smallest absolute Gasteiger partial charge is 0.338 e. The van der Waals surface area contributed by atoms with Crippen LogP contribution < -0.4 is 14.9 Å². The number of esters is 1. The average Bonchev–Trinajstić information content (AvgIpc) is 3.36. The number of benzene rings is 1. The van der Waals surface area contributed by atoms with E-state index in [1.165, 1.54) is 34.3 Å². The van der Waals surface area contributed by atoms with E-state index in [9.17, 15) is 19.7 Å². The second-order valence-corrected chi connectivity index (χ2v) is 7.66. The Morgan fingerprint density at radius 1 is 1.35 bits per heavy atom. The van der Waals surface area contributed by atoms with Gasteiger partial charge in [0.25, 0.3) is 11.2 Å². The van der Waals surface area contributed by atoms with Crippen molar-refractivity contribution < 1.29 is 18.9 Å². The molecule has 0 fully saturated rings. The number of non-ortho nitro benzene ring substituents is 1. The summed E-state index contributed by atoms with van der Waals surface area (Å²) in [4.78, 5) is 41.3. The molecule has 1 atom stereocenters. The summed E-state index contributed by atoms with van der Waals surface area (Å²) in [6.45, 7) is 3.51. The summed E-state index contributed by atoms with van der Waals surface area (Å²) in [5, 5.41) is 11.0. The van der Waals surface area contributed by atoms with E-state index in [-0.39, 0.29) is 23.4 Å². The molecule has 31 heavy (non-hydrogen) atoms. The fraction of sp³-hybridized carbons (Fsp3) is 0.190. The van der Waals surface area contributed by atoms with Crippen molar-refractivity contribution in [3.63, 3.8) is 0 Å². The van der Waals surface area contributed by atoms with E-state index in [4.69, 9.17) is 9.15 Å². The van der Waals surface area contributed by atoms with Crippen molar-refractivity contribution >= 4 is 34.8 Å². The summed E-state index contributed by atoms with van der Waals surface area (Å²) in [6.07, 6.45) is 3.13. The third kappa shape index (κ3) is 3.73. The van der Waals surface area contributed by atoms with E-state index in [1.54, 1.807) is 44.2 Å². The van der Waals surface area contributed by atoms with Crippen molar-refractivity contribution in [2.24, 2.45) is 4.99 Å². The maximum Gasteiger partial charge on any atom is 0.338 e. The number of allylic oxidation sites excluding steroid dienone is 1. The van der Waals surface area contributed by atoms with E-state index in [0.717, 1.165) is 0 Å². The molecule has 0 N–H and O–H groups in total. The summed E-state index contributed by atoms with van der Waals surface area (Å²) >= 11 is 1.17. The molecule has 10 heteroatoms. The van der Waals surface area contributed by atoms with Gasteiger partial charge in [0, 0.05) is 23.9 Å². The lowest BCUT2D eigenvalue weighted by molar-refractivity contribution is -0.384. The average molecular weight is 439 g/mol. The molecule has 0 amide bonds. The summed E-state index contributed by atoms with van der Waals surface area (Å²) < 4.78 is 12.3. The third-order valence-corrected chi connectivity index (χ3v) is 5.76. The highest BCUT2D eigenvalue weighted by atomic mass is 32.1. The van der Waals surface area contributed by atoms with Gasteiger partial charge >= 0.3 is 5.97 Å². The molecule has 0 saturated heterocycles. The van der Waals surface area contributed by atoms with Crippen molar-refractivity contribution in [1.29, 1.82) is 0 Å². The van der Waals surface area contributed by atoms with Crippen molar-refractivity contribution in [2.45, 2.75) is 19.9 Å². The first kappa shape index (κ1) is 20.5. The Labute approximate surface area is 179 Å². The highest BCUT2D eigenvalue weighted by molar-refractivity contribution is 7.07. The number of carbonyl (C=O) groups is 1. The van der Waals surface area contributed by atoms with Crippen LogP contribution in [-0.4, -0.2) is 22.1 Å². The van der Waals surface area contributed by atoms with Crippen LogP contribution in [0.25, 0.3) is 11.8 Å². The van der Waals surface area contributed by atoms with Crippen molar-refractivity contribution in [2.75, 3.05) is 6.61 Å². The summed E-state index contributed by atoms with van der Waals surface area (Å²) in [5.74, 6) is -0.0668. The van der Waals surface area contributed by atoms with E-state index in [2.05, 4.69) is 4.99 Å². The van der Waals surface area contributed by atoms with Gasteiger partial charge in [0.2, 0.25) is 0 Å². The minimum Gasteiger partial charge on any atom is -0.465 e. The van der Waals surface area contributed by atoms with Gasteiger partial charge in [0.1, 0.15) is 16.3 Å². The Hall–Kier alpha value is -3.79. The minimum atomic E-state index is -0.755. The highest BCUT2D eigenvalue weighted by Crippen LogP contribution is 2.33. The Morgan fingerprint density at radius 2 is 2.10 bits per heavy atom. The Morgan fingerprint density at radius 3 is 2.71 bits per heavy atom. The number of carbonyl (C=O) groups excluding carboxylic acids is 1. The summed E-state index contributed by atoms with van der Waals surface area (Å²) in [7, 11) is 0. The maximum absolute atomic E-state index is 13.0. The van der Waals surface area contributed by atoms with E-state index < -0.39 is 16.9 Å². The molecule has 1 aliphatic rings. The minimum absolute atomic E-state index is 0.0682. The van der Waals surface area contributed by atoms with Gasteiger partial charge in [-0.05, 0) is 43.7 Å². The zero-order valence-electron chi connectivity index (χ0n) is 16.6. The predicted molar refractivity (Wildman–Crippen MR) is 113 cm³/mol. The Balaban J connectivity index is 1.93. The van der Waals surface area contributed by atoms with E-state index in [0.29, 0.717) is 26.4 Å². The third-order valence-electron chi connectivity index (χ3n) is 4.78. The van der Waals surface area contributed by atoms with Crippen LogP contribution >= 0.6 is 11.3 Å². The van der Waals surface area contributed by atoms with Crippen LogP contribution in [0.4, 0.5) is 5.69 Å². The second kappa shape index (κ2) is 8.15. The zero-order valence-corrected chi connectivity index (χ0v) is 17.4. The summed E-state index contributed by atoms with van der Waals surface area (Å²) in [6, 6.07) is 8.51. The molecule has 3 heterocycles. The van der Waals surface area contributed by atoms with Crippen LogP contribution in [0.5, 0.6) is 0 Å². The van der Waals surface area contributed by atoms with Gasteiger partial charge in [-0.1, -0.05) is 11.3 Å².